The zero-order valence-electron chi connectivity index (χ0n) is 18.2. The molecule has 1 aliphatic rings. The van der Waals surface area contributed by atoms with Gasteiger partial charge >= 0.3 is 5.97 Å². The van der Waals surface area contributed by atoms with Gasteiger partial charge in [0.1, 0.15) is 0 Å². The molecule has 0 unspecified atom stereocenters. The predicted octanol–water partition coefficient (Wildman–Crippen LogP) is 3.77. The third kappa shape index (κ3) is 4.27. The Morgan fingerprint density at radius 3 is 2.53 bits per heavy atom. The number of rotatable bonds is 5. The minimum absolute atomic E-state index is 0.175. The summed E-state index contributed by atoms with van der Waals surface area (Å²) in [4.78, 5) is 31.4. The molecule has 1 aromatic heterocycles. The first-order valence-electron chi connectivity index (χ1n) is 10.5. The molecule has 4 rings (SSSR count). The zero-order chi connectivity index (χ0) is 22.7. The van der Waals surface area contributed by atoms with Crippen LogP contribution < -0.4 is 14.9 Å². The van der Waals surface area contributed by atoms with Gasteiger partial charge in [0.05, 0.1) is 28.5 Å². The molecule has 3 aromatic rings. The summed E-state index contributed by atoms with van der Waals surface area (Å²) >= 11 is 1.32. The van der Waals surface area contributed by atoms with Crippen molar-refractivity contribution in [2.45, 2.75) is 26.8 Å². The van der Waals surface area contributed by atoms with E-state index in [9.17, 15) is 9.59 Å². The standard InChI is InChI=1S/C26H24N2O3S/c1-4-31-25(30)22-18(3)27-26-28(23(22)20-15-13-17(2)14-16-20)24(29)21(32-26)12-8-11-19-9-6-5-7-10-19/h5-16,23H,4H2,1-3H3/b11-8+,21-12+/t23-/m0/s1. The van der Waals surface area contributed by atoms with Gasteiger partial charge in [-0.3, -0.25) is 9.36 Å². The van der Waals surface area contributed by atoms with Crippen LogP contribution in [0.15, 0.2) is 81.7 Å². The number of carbonyl (C=O) groups is 1. The van der Waals surface area contributed by atoms with E-state index < -0.39 is 12.0 Å². The molecule has 0 bridgehead atoms. The average Bonchev–Trinajstić information content (AvgIpc) is 3.09. The van der Waals surface area contributed by atoms with Crippen LogP contribution in [0.1, 0.15) is 36.6 Å². The van der Waals surface area contributed by atoms with Gasteiger partial charge in [-0.1, -0.05) is 83.6 Å². The number of ether oxygens (including phenoxy) is 1. The number of benzene rings is 2. The highest BCUT2D eigenvalue weighted by Crippen LogP contribution is 2.30. The zero-order valence-corrected chi connectivity index (χ0v) is 19.1. The molecule has 0 saturated carbocycles. The first-order valence-corrected chi connectivity index (χ1v) is 11.3. The van der Waals surface area contributed by atoms with E-state index in [1.165, 1.54) is 11.3 Å². The number of carbonyl (C=O) groups excluding carboxylic acids is 1. The summed E-state index contributed by atoms with van der Waals surface area (Å²) in [6.07, 6.45) is 5.61. The van der Waals surface area contributed by atoms with Gasteiger partial charge in [0.25, 0.3) is 5.56 Å². The normalized spacial score (nSPS) is 16.2. The lowest BCUT2D eigenvalue weighted by Crippen LogP contribution is -2.39. The molecule has 2 heterocycles. The first-order chi connectivity index (χ1) is 15.5. The van der Waals surface area contributed by atoms with Crippen molar-refractivity contribution >= 4 is 29.5 Å². The van der Waals surface area contributed by atoms with Crippen LogP contribution in [0, 0.1) is 6.92 Å². The molecule has 0 saturated heterocycles. The van der Waals surface area contributed by atoms with Crippen molar-refractivity contribution in [2.75, 3.05) is 6.61 Å². The fourth-order valence-corrected chi connectivity index (χ4v) is 4.68. The Bertz CT molecular complexity index is 1380. The first kappa shape index (κ1) is 21.7. The van der Waals surface area contributed by atoms with Gasteiger partial charge in [-0.15, -0.1) is 0 Å². The molecule has 1 atom stereocenters. The van der Waals surface area contributed by atoms with Crippen molar-refractivity contribution < 1.29 is 9.53 Å². The van der Waals surface area contributed by atoms with E-state index >= 15 is 0 Å². The fourth-order valence-electron chi connectivity index (χ4n) is 3.68. The van der Waals surface area contributed by atoms with E-state index in [1.807, 2.05) is 73.7 Å². The van der Waals surface area contributed by atoms with Gasteiger partial charge in [-0.25, -0.2) is 9.79 Å². The molecule has 32 heavy (non-hydrogen) atoms. The Morgan fingerprint density at radius 1 is 1.12 bits per heavy atom. The number of aryl methyl sites for hydroxylation is 1. The highest BCUT2D eigenvalue weighted by atomic mass is 32.1. The molecule has 1 aliphatic heterocycles. The number of allylic oxidation sites excluding steroid dienone is 2. The minimum Gasteiger partial charge on any atom is -0.463 e. The summed E-state index contributed by atoms with van der Waals surface area (Å²) in [6.45, 7) is 5.81. The summed E-state index contributed by atoms with van der Waals surface area (Å²) in [5.74, 6) is -0.447. The van der Waals surface area contributed by atoms with Gasteiger partial charge in [-0.2, -0.15) is 0 Å². The van der Waals surface area contributed by atoms with Crippen LogP contribution in [0.4, 0.5) is 0 Å². The number of thiazole rings is 1. The third-order valence-corrected chi connectivity index (χ3v) is 6.25. The maximum Gasteiger partial charge on any atom is 0.338 e. The maximum absolute atomic E-state index is 13.4. The number of hydrogen-bond donors (Lipinski definition) is 0. The van der Waals surface area contributed by atoms with Crippen LogP contribution >= 0.6 is 11.3 Å². The number of fused-ring (bicyclic) bond motifs is 1. The fraction of sp³-hybridized carbons (Fsp3) is 0.192. The Balaban J connectivity index is 1.86. The third-order valence-electron chi connectivity index (χ3n) is 5.25. The van der Waals surface area contributed by atoms with Gasteiger partial charge in [0, 0.05) is 0 Å². The summed E-state index contributed by atoms with van der Waals surface area (Å²) in [5.41, 5.74) is 3.79. The largest absolute Gasteiger partial charge is 0.463 e. The Kier molecular flexibility index (Phi) is 6.32. The van der Waals surface area contributed by atoms with Crippen LogP contribution in [0.2, 0.25) is 0 Å². The summed E-state index contributed by atoms with van der Waals surface area (Å²) in [5, 5.41) is 0. The summed E-state index contributed by atoms with van der Waals surface area (Å²) in [7, 11) is 0. The van der Waals surface area contributed by atoms with Crippen LogP contribution in [0.25, 0.3) is 12.2 Å². The molecule has 0 fully saturated rings. The summed E-state index contributed by atoms with van der Waals surface area (Å²) in [6, 6.07) is 17.2. The number of esters is 1. The molecule has 5 nitrogen and oxygen atoms in total. The molecule has 0 N–H and O–H groups in total. The van der Waals surface area contributed by atoms with E-state index in [0.29, 0.717) is 20.6 Å². The lowest BCUT2D eigenvalue weighted by Gasteiger charge is -2.24. The second-order valence-corrected chi connectivity index (χ2v) is 8.51. The smallest absolute Gasteiger partial charge is 0.338 e. The van der Waals surface area contributed by atoms with Crippen LogP contribution in [0.3, 0.4) is 0 Å². The molecule has 0 aliphatic carbocycles. The van der Waals surface area contributed by atoms with E-state index in [2.05, 4.69) is 4.99 Å². The molecule has 0 amide bonds. The lowest BCUT2D eigenvalue weighted by molar-refractivity contribution is -0.139. The lowest BCUT2D eigenvalue weighted by atomic mass is 9.95. The Morgan fingerprint density at radius 2 is 1.84 bits per heavy atom. The molecular weight excluding hydrogens is 420 g/mol. The molecule has 6 heteroatoms. The van der Waals surface area contributed by atoms with E-state index in [4.69, 9.17) is 4.74 Å². The Hall–Kier alpha value is -3.51. The number of hydrogen-bond acceptors (Lipinski definition) is 5. The molecule has 0 radical (unpaired) electrons. The molecular formula is C26H24N2O3S. The van der Waals surface area contributed by atoms with Crippen molar-refractivity contribution in [3.63, 3.8) is 0 Å². The Labute approximate surface area is 190 Å². The summed E-state index contributed by atoms with van der Waals surface area (Å²) < 4.78 is 7.48. The van der Waals surface area contributed by atoms with Crippen molar-refractivity contribution in [3.05, 3.63) is 108 Å². The molecule has 162 valence electrons. The quantitative estimate of drug-likeness (QED) is 0.563. The number of nitrogens with zero attached hydrogens (tertiary/aromatic N) is 2. The van der Waals surface area contributed by atoms with E-state index in [-0.39, 0.29) is 12.2 Å². The van der Waals surface area contributed by atoms with Gasteiger partial charge in [0.15, 0.2) is 4.80 Å². The average molecular weight is 445 g/mol. The SMILES string of the molecule is CCOC(=O)C1=C(C)N=c2s/c(=C/C=C/c3ccccc3)c(=O)n2[C@H]1c1ccc(C)cc1. The van der Waals surface area contributed by atoms with Crippen LogP contribution in [-0.4, -0.2) is 17.1 Å². The van der Waals surface area contributed by atoms with E-state index in [0.717, 1.165) is 16.7 Å². The molecule has 2 aromatic carbocycles. The second kappa shape index (κ2) is 9.32. The van der Waals surface area contributed by atoms with Crippen molar-refractivity contribution in [2.24, 2.45) is 4.99 Å². The van der Waals surface area contributed by atoms with Crippen molar-refractivity contribution in [1.82, 2.24) is 4.57 Å². The van der Waals surface area contributed by atoms with E-state index in [1.54, 1.807) is 24.5 Å². The topological polar surface area (TPSA) is 60.7 Å². The van der Waals surface area contributed by atoms with Crippen LogP contribution in [0.5, 0.6) is 0 Å². The highest BCUT2D eigenvalue weighted by molar-refractivity contribution is 7.07. The predicted molar refractivity (Wildman–Crippen MR) is 128 cm³/mol. The van der Waals surface area contributed by atoms with Crippen molar-refractivity contribution in [3.8, 4) is 0 Å². The monoisotopic (exact) mass is 444 g/mol. The second-order valence-electron chi connectivity index (χ2n) is 7.51. The minimum atomic E-state index is -0.578. The highest BCUT2D eigenvalue weighted by Gasteiger charge is 2.33. The number of aromatic nitrogens is 1. The maximum atomic E-state index is 13.4. The van der Waals surface area contributed by atoms with Crippen molar-refractivity contribution in [1.29, 1.82) is 0 Å². The van der Waals surface area contributed by atoms with Crippen LogP contribution in [-0.2, 0) is 9.53 Å². The van der Waals surface area contributed by atoms with Gasteiger partial charge < -0.3 is 4.74 Å². The van der Waals surface area contributed by atoms with Gasteiger partial charge in [-0.05, 0) is 38.0 Å². The molecule has 0 spiro atoms. The van der Waals surface area contributed by atoms with Gasteiger partial charge in [0.2, 0.25) is 0 Å².